The predicted octanol–water partition coefficient (Wildman–Crippen LogP) is 2.41. The lowest BCUT2D eigenvalue weighted by atomic mass is 10.2. The normalized spacial score (nSPS) is 15.4. The number of amides is 1. The van der Waals surface area contributed by atoms with Crippen LogP contribution < -0.4 is 16.0 Å². The van der Waals surface area contributed by atoms with Crippen molar-refractivity contribution in [2.75, 3.05) is 19.7 Å². The van der Waals surface area contributed by atoms with Crippen molar-refractivity contribution >= 4 is 12.1 Å². The van der Waals surface area contributed by atoms with Crippen molar-refractivity contribution in [2.45, 2.75) is 39.3 Å². The van der Waals surface area contributed by atoms with Crippen molar-refractivity contribution in [3.05, 3.63) is 35.6 Å². The second-order valence-corrected chi connectivity index (χ2v) is 6.01. The van der Waals surface area contributed by atoms with Gasteiger partial charge in [-0.25, -0.2) is 14.2 Å². The molecule has 0 aromatic heterocycles. The number of ether oxygens (including phenoxy) is 1. The van der Waals surface area contributed by atoms with E-state index in [1.54, 1.807) is 19.1 Å². The van der Waals surface area contributed by atoms with Crippen LogP contribution in [-0.2, 0) is 11.3 Å². The molecule has 1 unspecified atom stereocenters. The number of carbonyl (C=O) groups excluding carboxylic acids is 1. The molecule has 1 amide bonds. The number of nitrogens with one attached hydrogen (secondary N) is 3. The molecule has 0 radical (unpaired) electrons. The SMILES string of the molecule is CCNC(=NCc1ccc(F)cc1)NCC(NC(=O)OCC)C1CC1. The minimum atomic E-state index is -0.380. The number of aliphatic imine (C=N–C) groups is 1. The molecule has 0 heterocycles. The van der Waals surface area contributed by atoms with E-state index in [2.05, 4.69) is 20.9 Å². The summed E-state index contributed by atoms with van der Waals surface area (Å²) in [6, 6.07) is 6.32. The van der Waals surface area contributed by atoms with Gasteiger partial charge in [-0.2, -0.15) is 0 Å². The molecule has 138 valence electrons. The third-order valence-corrected chi connectivity index (χ3v) is 3.94. The van der Waals surface area contributed by atoms with Gasteiger partial charge in [0.05, 0.1) is 19.2 Å². The second-order valence-electron chi connectivity index (χ2n) is 6.01. The fraction of sp³-hybridized carbons (Fsp3) is 0.556. The molecule has 0 spiro atoms. The van der Waals surface area contributed by atoms with Gasteiger partial charge in [-0.1, -0.05) is 12.1 Å². The molecule has 1 aromatic rings. The van der Waals surface area contributed by atoms with Crippen LogP contribution in [0.1, 0.15) is 32.3 Å². The zero-order chi connectivity index (χ0) is 18.1. The van der Waals surface area contributed by atoms with Crippen LogP contribution in [0.25, 0.3) is 0 Å². The molecule has 3 N–H and O–H groups in total. The Balaban J connectivity index is 1.89. The van der Waals surface area contributed by atoms with Gasteiger partial charge in [-0.3, -0.25) is 0 Å². The van der Waals surface area contributed by atoms with E-state index in [0.717, 1.165) is 24.9 Å². The van der Waals surface area contributed by atoms with Crippen LogP contribution in [0.3, 0.4) is 0 Å². The fourth-order valence-electron chi connectivity index (χ4n) is 2.47. The summed E-state index contributed by atoms with van der Waals surface area (Å²) in [5.41, 5.74) is 0.932. The molecule has 1 aliphatic carbocycles. The van der Waals surface area contributed by atoms with Crippen molar-refractivity contribution in [3.8, 4) is 0 Å². The molecule has 1 saturated carbocycles. The molecule has 0 saturated heterocycles. The maximum atomic E-state index is 13.0. The van der Waals surface area contributed by atoms with Gasteiger partial charge in [0.2, 0.25) is 0 Å². The first kappa shape index (κ1) is 19.0. The summed E-state index contributed by atoms with van der Waals surface area (Å²) in [5.74, 6) is 0.898. The first-order chi connectivity index (χ1) is 12.1. The zero-order valence-corrected chi connectivity index (χ0v) is 14.8. The highest BCUT2D eigenvalue weighted by Gasteiger charge is 2.32. The summed E-state index contributed by atoms with van der Waals surface area (Å²) in [5, 5.41) is 9.35. The summed E-state index contributed by atoms with van der Waals surface area (Å²) in [6.45, 7) is 5.90. The van der Waals surface area contributed by atoms with E-state index >= 15 is 0 Å². The maximum Gasteiger partial charge on any atom is 0.407 e. The highest BCUT2D eigenvalue weighted by Crippen LogP contribution is 2.32. The summed E-state index contributed by atoms with van der Waals surface area (Å²) in [7, 11) is 0. The lowest BCUT2D eigenvalue weighted by molar-refractivity contribution is 0.146. The van der Waals surface area contributed by atoms with Gasteiger partial charge in [-0.05, 0) is 50.3 Å². The summed E-state index contributed by atoms with van der Waals surface area (Å²) >= 11 is 0. The number of hydrogen-bond donors (Lipinski definition) is 3. The van der Waals surface area contributed by atoms with Crippen molar-refractivity contribution in [3.63, 3.8) is 0 Å². The van der Waals surface area contributed by atoms with E-state index in [1.165, 1.54) is 12.1 Å². The van der Waals surface area contributed by atoms with Gasteiger partial charge in [0.25, 0.3) is 0 Å². The van der Waals surface area contributed by atoms with E-state index in [-0.39, 0.29) is 18.0 Å². The van der Waals surface area contributed by atoms with Crippen LogP contribution >= 0.6 is 0 Å². The summed E-state index contributed by atoms with van der Waals surface area (Å²) in [4.78, 5) is 16.2. The number of alkyl carbamates (subject to hydrolysis) is 1. The Labute approximate surface area is 148 Å². The fourth-order valence-corrected chi connectivity index (χ4v) is 2.47. The zero-order valence-electron chi connectivity index (χ0n) is 14.8. The van der Waals surface area contributed by atoms with Crippen LogP contribution in [-0.4, -0.2) is 37.8 Å². The van der Waals surface area contributed by atoms with Gasteiger partial charge in [0.1, 0.15) is 5.82 Å². The molecule has 7 heteroatoms. The Morgan fingerprint density at radius 3 is 2.60 bits per heavy atom. The van der Waals surface area contributed by atoms with Gasteiger partial charge < -0.3 is 20.7 Å². The molecule has 25 heavy (non-hydrogen) atoms. The van der Waals surface area contributed by atoms with Crippen LogP contribution in [0, 0.1) is 11.7 Å². The highest BCUT2D eigenvalue weighted by atomic mass is 19.1. The Hall–Kier alpha value is -2.31. The van der Waals surface area contributed by atoms with Crippen LogP contribution in [0.15, 0.2) is 29.3 Å². The Morgan fingerprint density at radius 1 is 1.28 bits per heavy atom. The standard InChI is InChI=1S/C18H27FN4O2/c1-3-20-17(21-11-13-5-9-15(19)10-6-13)22-12-16(14-7-8-14)23-18(24)25-4-2/h5-6,9-10,14,16H,3-4,7-8,11-12H2,1-2H3,(H,23,24)(H2,20,21,22). The van der Waals surface area contributed by atoms with Crippen molar-refractivity contribution in [1.29, 1.82) is 0 Å². The quantitative estimate of drug-likeness (QED) is 0.497. The third kappa shape index (κ3) is 6.99. The Bertz CT molecular complexity index is 573. The molecule has 6 nitrogen and oxygen atoms in total. The summed E-state index contributed by atoms with van der Waals surface area (Å²) < 4.78 is 17.9. The predicted molar refractivity (Wildman–Crippen MR) is 95.9 cm³/mol. The summed E-state index contributed by atoms with van der Waals surface area (Å²) in [6.07, 6.45) is 1.85. The molecule has 0 aliphatic heterocycles. The molecular formula is C18H27FN4O2. The molecule has 0 bridgehead atoms. The first-order valence-electron chi connectivity index (χ1n) is 8.82. The highest BCUT2D eigenvalue weighted by molar-refractivity contribution is 5.79. The Morgan fingerprint density at radius 2 is 2.00 bits per heavy atom. The maximum absolute atomic E-state index is 13.0. The topological polar surface area (TPSA) is 74.8 Å². The molecule has 1 aliphatic rings. The van der Waals surface area contributed by atoms with Gasteiger partial charge in [0, 0.05) is 13.1 Å². The van der Waals surface area contributed by atoms with Gasteiger partial charge >= 0.3 is 6.09 Å². The van der Waals surface area contributed by atoms with Crippen molar-refractivity contribution in [2.24, 2.45) is 10.9 Å². The molecule has 1 aromatic carbocycles. The van der Waals surface area contributed by atoms with E-state index in [1.807, 2.05) is 6.92 Å². The van der Waals surface area contributed by atoms with E-state index in [4.69, 9.17) is 4.74 Å². The third-order valence-electron chi connectivity index (χ3n) is 3.94. The molecule has 1 fully saturated rings. The first-order valence-corrected chi connectivity index (χ1v) is 8.82. The minimum Gasteiger partial charge on any atom is -0.450 e. The average Bonchev–Trinajstić information content (AvgIpc) is 3.42. The number of rotatable bonds is 8. The molecule has 2 rings (SSSR count). The number of benzene rings is 1. The lowest BCUT2D eigenvalue weighted by Gasteiger charge is -2.20. The van der Waals surface area contributed by atoms with Crippen molar-refractivity contribution < 1.29 is 13.9 Å². The minimum absolute atomic E-state index is 0.0220. The van der Waals surface area contributed by atoms with E-state index in [9.17, 15) is 9.18 Å². The number of nitrogens with zero attached hydrogens (tertiary/aromatic N) is 1. The number of carbonyl (C=O) groups is 1. The van der Waals surface area contributed by atoms with Crippen LogP contribution in [0.5, 0.6) is 0 Å². The van der Waals surface area contributed by atoms with Gasteiger partial charge in [0.15, 0.2) is 5.96 Å². The number of halogens is 1. The Kier molecular flexibility index (Phi) is 7.50. The van der Waals surface area contributed by atoms with E-state index in [0.29, 0.717) is 31.6 Å². The second kappa shape index (κ2) is 9.86. The molecular weight excluding hydrogens is 323 g/mol. The largest absolute Gasteiger partial charge is 0.450 e. The van der Waals surface area contributed by atoms with Crippen molar-refractivity contribution in [1.82, 2.24) is 16.0 Å². The monoisotopic (exact) mass is 350 g/mol. The van der Waals surface area contributed by atoms with Crippen LogP contribution in [0.2, 0.25) is 0 Å². The smallest absolute Gasteiger partial charge is 0.407 e. The van der Waals surface area contributed by atoms with Gasteiger partial charge in [-0.15, -0.1) is 0 Å². The van der Waals surface area contributed by atoms with E-state index < -0.39 is 0 Å². The van der Waals surface area contributed by atoms with Crippen LogP contribution in [0.4, 0.5) is 9.18 Å². The number of hydrogen-bond acceptors (Lipinski definition) is 3. The molecule has 1 atom stereocenters. The lowest BCUT2D eigenvalue weighted by Crippen LogP contribution is -2.48. The average molecular weight is 350 g/mol. The number of guanidine groups is 1.